The van der Waals surface area contributed by atoms with Crippen LogP contribution >= 0.6 is 0 Å². The third-order valence-electron chi connectivity index (χ3n) is 2.07. The van der Waals surface area contributed by atoms with E-state index in [1.165, 1.54) is 18.1 Å². The third kappa shape index (κ3) is 5.34. The Kier molecular flexibility index (Phi) is 6.92. The van der Waals surface area contributed by atoms with E-state index in [1.807, 2.05) is 13.0 Å². The van der Waals surface area contributed by atoms with Gasteiger partial charge in [-0.05, 0) is 6.92 Å². The minimum absolute atomic E-state index is 0.131. The van der Waals surface area contributed by atoms with E-state index < -0.39 is 0 Å². The molecule has 0 heterocycles. The maximum atomic E-state index is 11.5. The molecule has 0 N–H and O–H groups in total. The average Bonchev–Trinajstić information content (AvgIpc) is 2.27. The number of esters is 1. The van der Waals surface area contributed by atoms with E-state index in [2.05, 4.69) is 4.74 Å². The molecule has 4 nitrogen and oxygen atoms in total. The van der Waals surface area contributed by atoms with Crippen molar-refractivity contribution in [3.8, 4) is 0 Å². The number of amides is 1. The fraction of sp³-hybridized carbons (Fsp3) is 0.500. The molecule has 1 unspecified atom stereocenters. The number of likely N-dealkylation sites (N-methyl/N-ethyl adjacent to an activating group) is 1. The molecule has 0 aromatic carbocycles. The summed E-state index contributed by atoms with van der Waals surface area (Å²) in [6.07, 6.45) is 6.74. The molecule has 0 aromatic heterocycles. The maximum absolute atomic E-state index is 11.5. The van der Waals surface area contributed by atoms with Crippen LogP contribution < -0.4 is 0 Å². The van der Waals surface area contributed by atoms with Gasteiger partial charge in [0, 0.05) is 19.7 Å². The zero-order valence-electron chi connectivity index (χ0n) is 10.3. The van der Waals surface area contributed by atoms with Gasteiger partial charge in [-0.15, -0.1) is 0 Å². The van der Waals surface area contributed by atoms with Gasteiger partial charge in [-0.25, -0.2) is 0 Å². The fourth-order valence-corrected chi connectivity index (χ4v) is 1.15. The number of allylic oxidation sites excluding steroid dienone is 3. The summed E-state index contributed by atoms with van der Waals surface area (Å²) in [5.41, 5.74) is 0. The van der Waals surface area contributed by atoms with Crippen LogP contribution in [-0.4, -0.2) is 37.5 Å². The van der Waals surface area contributed by atoms with Crippen LogP contribution in [0.5, 0.6) is 0 Å². The van der Waals surface area contributed by atoms with E-state index in [9.17, 15) is 9.59 Å². The molecule has 0 rings (SSSR count). The molecule has 0 aromatic rings. The minimum atomic E-state index is -0.311. The number of hydrogen-bond donors (Lipinski definition) is 0. The van der Waals surface area contributed by atoms with Gasteiger partial charge < -0.3 is 9.64 Å². The Morgan fingerprint density at radius 3 is 2.50 bits per heavy atom. The highest BCUT2D eigenvalue weighted by atomic mass is 16.5. The summed E-state index contributed by atoms with van der Waals surface area (Å²) in [7, 11) is 2.99. The van der Waals surface area contributed by atoms with E-state index in [1.54, 1.807) is 26.1 Å². The molecule has 0 radical (unpaired) electrons. The van der Waals surface area contributed by atoms with Crippen LogP contribution in [0.2, 0.25) is 0 Å². The normalized spacial score (nSPS) is 13.0. The molecule has 0 aliphatic rings. The van der Waals surface area contributed by atoms with E-state index in [0.29, 0.717) is 6.54 Å². The zero-order valence-corrected chi connectivity index (χ0v) is 10.3. The molecule has 1 atom stereocenters. The highest BCUT2D eigenvalue weighted by Crippen LogP contribution is 2.01. The van der Waals surface area contributed by atoms with Crippen LogP contribution in [-0.2, 0) is 14.3 Å². The number of carbonyl (C=O) groups is 2. The summed E-state index contributed by atoms with van der Waals surface area (Å²) < 4.78 is 4.59. The minimum Gasteiger partial charge on any atom is -0.469 e. The van der Waals surface area contributed by atoms with Crippen LogP contribution in [0.15, 0.2) is 24.3 Å². The first-order valence-electron chi connectivity index (χ1n) is 5.15. The number of nitrogens with zero attached hydrogens (tertiary/aromatic N) is 1. The van der Waals surface area contributed by atoms with E-state index in [0.717, 1.165) is 0 Å². The van der Waals surface area contributed by atoms with Crippen molar-refractivity contribution in [3.05, 3.63) is 24.3 Å². The molecule has 1 amide bonds. The first kappa shape index (κ1) is 14.4. The van der Waals surface area contributed by atoms with Crippen LogP contribution in [0, 0.1) is 5.92 Å². The number of rotatable bonds is 5. The second kappa shape index (κ2) is 7.68. The van der Waals surface area contributed by atoms with Gasteiger partial charge in [0.25, 0.3) is 0 Å². The van der Waals surface area contributed by atoms with Crippen molar-refractivity contribution in [3.63, 3.8) is 0 Å². The summed E-state index contributed by atoms with van der Waals surface area (Å²) in [5, 5.41) is 0. The van der Waals surface area contributed by atoms with E-state index in [4.69, 9.17) is 0 Å². The predicted molar refractivity (Wildman–Crippen MR) is 62.8 cm³/mol. The lowest BCUT2D eigenvalue weighted by molar-refractivity contribution is -0.145. The van der Waals surface area contributed by atoms with E-state index >= 15 is 0 Å². The van der Waals surface area contributed by atoms with Crippen LogP contribution in [0.4, 0.5) is 0 Å². The Hall–Kier alpha value is -1.58. The smallest absolute Gasteiger partial charge is 0.310 e. The van der Waals surface area contributed by atoms with Gasteiger partial charge in [0.05, 0.1) is 13.0 Å². The average molecular weight is 225 g/mol. The Bertz CT molecular complexity index is 295. The maximum Gasteiger partial charge on any atom is 0.310 e. The molecule has 0 spiro atoms. The standard InChI is InChI=1S/C12H19NO3/c1-5-6-7-8-11(14)13(3)9-10(2)12(15)16-4/h5-8,10H,9H2,1-4H3/b6-5+,8-7+. The van der Waals surface area contributed by atoms with Crippen LogP contribution in [0.25, 0.3) is 0 Å². The van der Waals surface area contributed by atoms with Gasteiger partial charge in [0.2, 0.25) is 5.91 Å². The molecule has 0 bridgehead atoms. The number of ether oxygens (including phenoxy) is 1. The fourth-order valence-electron chi connectivity index (χ4n) is 1.15. The Morgan fingerprint density at radius 1 is 1.38 bits per heavy atom. The molecule has 0 fully saturated rings. The van der Waals surface area contributed by atoms with E-state index in [-0.39, 0.29) is 17.8 Å². The quantitative estimate of drug-likeness (QED) is 0.403. The van der Waals surface area contributed by atoms with Crippen molar-refractivity contribution in [2.45, 2.75) is 13.8 Å². The van der Waals surface area contributed by atoms with Crippen LogP contribution in [0.3, 0.4) is 0 Å². The van der Waals surface area contributed by atoms with Crippen molar-refractivity contribution in [1.82, 2.24) is 4.90 Å². The summed E-state index contributed by atoms with van der Waals surface area (Å²) in [6.45, 7) is 3.95. The SMILES string of the molecule is C/C=C/C=C/C(=O)N(C)CC(C)C(=O)OC. The van der Waals surface area contributed by atoms with Gasteiger partial charge in [0.1, 0.15) is 0 Å². The Morgan fingerprint density at radius 2 is 2.00 bits per heavy atom. The number of hydrogen-bond acceptors (Lipinski definition) is 3. The molecular formula is C12H19NO3. The van der Waals surface area contributed by atoms with Crippen molar-refractivity contribution in [1.29, 1.82) is 0 Å². The monoisotopic (exact) mass is 225 g/mol. The Labute approximate surface area is 96.6 Å². The molecule has 90 valence electrons. The summed E-state index contributed by atoms with van der Waals surface area (Å²) in [6, 6.07) is 0. The number of carbonyl (C=O) groups excluding carboxylic acids is 2. The lowest BCUT2D eigenvalue weighted by Gasteiger charge is -2.18. The Balaban J connectivity index is 4.19. The lowest BCUT2D eigenvalue weighted by atomic mass is 10.2. The highest BCUT2D eigenvalue weighted by Gasteiger charge is 2.17. The number of methoxy groups -OCH3 is 1. The molecule has 16 heavy (non-hydrogen) atoms. The molecule has 4 heteroatoms. The lowest BCUT2D eigenvalue weighted by Crippen LogP contribution is -2.33. The molecule has 0 saturated heterocycles. The second-order valence-corrected chi connectivity index (χ2v) is 3.53. The molecular weight excluding hydrogens is 206 g/mol. The van der Waals surface area contributed by atoms with Crippen molar-refractivity contribution >= 4 is 11.9 Å². The predicted octanol–water partition coefficient (Wildman–Crippen LogP) is 1.39. The molecule has 0 aliphatic heterocycles. The van der Waals surface area contributed by atoms with Crippen molar-refractivity contribution in [2.24, 2.45) is 5.92 Å². The third-order valence-corrected chi connectivity index (χ3v) is 2.07. The van der Waals surface area contributed by atoms with Crippen molar-refractivity contribution in [2.75, 3.05) is 20.7 Å². The topological polar surface area (TPSA) is 46.6 Å². The van der Waals surface area contributed by atoms with Gasteiger partial charge in [0.15, 0.2) is 0 Å². The van der Waals surface area contributed by atoms with Gasteiger partial charge in [-0.3, -0.25) is 9.59 Å². The second-order valence-electron chi connectivity index (χ2n) is 3.53. The first-order chi connectivity index (χ1) is 7.52. The molecule has 0 aliphatic carbocycles. The molecule has 0 saturated carbocycles. The van der Waals surface area contributed by atoms with Gasteiger partial charge >= 0.3 is 5.97 Å². The summed E-state index contributed by atoms with van der Waals surface area (Å²) in [4.78, 5) is 24.1. The summed E-state index contributed by atoms with van der Waals surface area (Å²) in [5.74, 6) is -0.750. The highest BCUT2D eigenvalue weighted by molar-refractivity contribution is 5.88. The van der Waals surface area contributed by atoms with Gasteiger partial charge in [-0.2, -0.15) is 0 Å². The summed E-state index contributed by atoms with van der Waals surface area (Å²) >= 11 is 0. The van der Waals surface area contributed by atoms with Crippen LogP contribution in [0.1, 0.15) is 13.8 Å². The van der Waals surface area contributed by atoms with Crippen molar-refractivity contribution < 1.29 is 14.3 Å². The largest absolute Gasteiger partial charge is 0.469 e. The zero-order chi connectivity index (χ0) is 12.6. The first-order valence-corrected chi connectivity index (χ1v) is 5.15. The van der Waals surface area contributed by atoms with Gasteiger partial charge in [-0.1, -0.05) is 25.2 Å².